The van der Waals surface area contributed by atoms with Gasteiger partial charge in [-0.2, -0.15) is 5.26 Å². The molecule has 1 aromatic rings. The Labute approximate surface area is 97.0 Å². The van der Waals surface area contributed by atoms with Gasteiger partial charge in [0.2, 0.25) is 0 Å². The van der Waals surface area contributed by atoms with Crippen LogP contribution in [0.2, 0.25) is 0 Å². The van der Waals surface area contributed by atoms with E-state index in [1.807, 2.05) is 38.2 Å². The minimum absolute atomic E-state index is 0.0111. The fraction of sp³-hybridized carbons (Fsp3) is 0.462. The normalized spacial score (nSPS) is 11.8. The maximum atomic E-state index is 8.68. The molecule has 16 heavy (non-hydrogen) atoms. The molecule has 1 N–H and O–H groups in total. The summed E-state index contributed by atoms with van der Waals surface area (Å²) in [5.74, 6) is 0.874. The lowest BCUT2D eigenvalue weighted by atomic mass is 10.1. The number of nitrogens with one attached hydrogen (secondary N) is 1. The molecule has 3 nitrogen and oxygen atoms in total. The van der Waals surface area contributed by atoms with Crippen LogP contribution in [0.3, 0.4) is 0 Å². The molecule has 1 unspecified atom stereocenters. The van der Waals surface area contributed by atoms with Crippen LogP contribution in [0.1, 0.15) is 25.3 Å². The molecule has 0 aromatic heterocycles. The molecular weight excluding hydrogens is 200 g/mol. The average molecular weight is 218 g/mol. The van der Waals surface area contributed by atoms with Crippen LogP contribution in [-0.2, 0) is 6.54 Å². The zero-order valence-electron chi connectivity index (χ0n) is 9.86. The van der Waals surface area contributed by atoms with Crippen LogP contribution in [0.25, 0.3) is 0 Å². The molecular formula is C13H18N2O. The molecule has 0 fully saturated rings. The summed E-state index contributed by atoms with van der Waals surface area (Å²) in [7, 11) is 1.91. The molecule has 86 valence electrons. The highest BCUT2D eigenvalue weighted by atomic mass is 16.5. The van der Waals surface area contributed by atoms with Crippen molar-refractivity contribution in [2.75, 3.05) is 7.05 Å². The Balaban J connectivity index is 2.74. The van der Waals surface area contributed by atoms with Gasteiger partial charge in [0.25, 0.3) is 0 Å². The second-order valence-electron chi connectivity index (χ2n) is 3.65. The zero-order chi connectivity index (χ0) is 11.8. The smallest absolute Gasteiger partial charge is 0.124 e. The van der Waals surface area contributed by atoms with Crippen LogP contribution in [0, 0.1) is 11.3 Å². The molecule has 0 spiro atoms. The molecule has 0 saturated carbocycles. The van der Waals surface area contributed by atoms with Crippen molar-refractivity contribution in [2.24, 2.45) is 0 Å². The standard InChI is InChI=1S/C13H18N2O/c1-3-12(8-9-14)16-13-7-5-4-6-11(13)10-15-2/h4-7,12,15H,3,8,10H2,1-2H3. The van der Waals surface area contributed by atoms with Crippen molar-refractivity contribution in [3.8, 4) is 11.8 Å². The summed E-state index contributed by atoms with van der Waals surface area (Å²) in [6.07, 6.45) is 1.27. The Morgan fingerprint density at radius 2 is 2.19 bits per heavy atom. The highest BCUT2D eigenvalue weighted by Crippen LogP contribution is 2.20. The average Bonchev–Trinajstić information content (AvgIpc) is 2.31. The van der Waals surface area contributed by atoms with E-state index in [0.29, 0.717) is 6.42 Å². The zero-order valence-corrected chi connectivity index (χ0v) is 9.86. The lowest BCUT2D eigenvalue weighted by Crippen LogP contribution is -2.16. The van der Waals surface area contributed by atoms with Crippen LogP contribution < -0.4 is 10.1 Å². The van der Waals surface area contributed by atoms with Crippen molar-refractivity contribution >= 4 is 0 Å². The topological polar surface area (TPSA) is 45.0 Å². The van der Waals surface area contributed by atoms with E-state index in [-0.39, 0.29) is 6.10 Å². The SMILES string of the molecule is CCC(CC#N)Oc1ccccc1CNC. The highest BCUT2D eigenvalue weighted by molar-refractivity contribution is 5.33. The van der Waals surface area contributed by atoms with Gasteiger partial charge < -0.3 is 10.1 Å². The van der Waals surface area contributed by atoms with E-state index in [9.17, 15) is 0 Å². The van der Waals surface area contributed by atoms with Crippen LogP contribution in [0.4, 0.5) is 0 Å². The second kappa shape index (κ2) is 6.86. The van der Waals surface area contributed by atoms with Gasteiger partial charge in [0, 0.05) is 12.1 Å². The summed E-state index contributed by atoms with van der Waals surface area (Å²) >= 11 is 0. The molecule has 1 aromatic carbocycles. The maximum absolute atomic E-state index is 8.68. The maximum Gasteiger partial charge on any atom is 0.124 e. The molecule has 0 bridgehead atoms. The van der Waals surface area contributed by atoms with Gasteiger partial charge in [-0.3, -0.25) is 0 Å². The molecule has 1 rings (SSSR count). The van der Waals surface area contributed by atoms with Gasteiger partial charge in [0.1, 0.15) is 11.9 Å². The number of nitrogens with zero attached hydrogens (tertiary/aromatic N) is 1. The summed E-state index contributed by atoms with van der Waals surface area (Å²) in [5, 5.41) is 11.8. The summed E-state index contributed by atoms with van der Waals surface area (Å²) in [6.45, 7) is 2.81. The van der Waals surface area contributed by atoms with Crippen LogP contribution in [0.5, 0.6) is 5.75 Å². The third-order valence-electron chi connectivity index (χ3n) is 2.41. The first-order chi connectivity index (χ1) is 7.81. The summed E-state index contributed by atoms with van der Waals surface area (Å²) < 4.78 is 5.83. The molecule has 0 heterocycles. The van der Waals surface area contributed by atoms with Gasteiger partial charge in [-0.05, 0) is 19.5 Å². The third-order valence-corrected chi connectivity index (χ3v) is 2.41. The van der Waals surface area contributed by atoms with Crippen molar-refractivity contribution in [2.45, 2.75) is 32.4 Å². The van der Waals surface area contributed by atoms with Crippen molar-refractivity contribution in [1.29, 1.82) is 5.26 Å². The Hall–Kier alpha value is -1.53. The van der Waals surface area contributed by atoms with Gasteiger partial charge in [-0.15, -0.1) is 0 Å². The first kappa shape index (κ1) is 12.5. The van der Waals surface area contributed by atoms with Gasteiger partial charge in [0.05, 0.1) is 12.5 Å². The van der Waals surface area contributed by atoms with Crippen molar-refractivity contribution in [1.82, 2.24) is 5.32 Å². The number of para-hydroxylation sites is 1. The second-order valence-corrected chi connectivity index (χ2v) is 3.65. The number of hydrogen-bond acceptors (Lipinski definition) is 3. The minimum Gasteiger partial charge on any atom is -0.489 e. The predicted molar refractivity (Wildman–Crippen MR) is 64.1 cm³/mol. The highest BCUT2D eigenvalue weighted by Gasteiger charge is 2.09. The van der Waals surface area contributed by atoms with Crippen molar-refractivity contribution < 1.29 is 4.74 Å². The lowest BCUT2D eigenvalue weighted by Gasteiger charge is -2.17. The molecule has 0 saturated heterocycles. The summed E-state index contributed by atoms with van der Waals surface area (Å²) in [6, 6.07) is 10.1. The third kappa shape index (κ3) is 3.56. The first-order valence-corrected chi connectivity index (χ1v) is 5.58. The molecule has 0 aliphatic heterocycles. The van der Waals surface area contributed by atoms with E-state index in [1.165, 1.54) is 0 Å². The number of benzene rings is 1. The van der Waals surface area contributed by atoms with E-state index >= 15 is 0 Å². The van der Waals surface area contributed by atoms with E-state index in [4.69, 9.17) is 10.00 Å². The van der Waals surface area contributed by atoms with Crippen molar-refractivity contribution in [3.63, 3.8) is 0 Å². The van der Waals surface area contributed by atoms with Crippen molar-refractivity contribution in [3.05, 3.63) is 29.8 Å². The first-order valence-electron chi connectivity index (χ1n) is 5.58. The van der Waals surface area contributed by atoms with E-state index in [2.05, 4.69) is 11.4 Å². The van der Waals surface area contributed by atoms with Gasteiger partial charge in [0.15, 0.2) is 0 Å². The number of ether oxygens (including phenoxy) is 1. The van der Waals surface area contributed by atoms with Crippen LogP contribution in [0.15, 0.2) is 24.3 Å². The van der Waals surface area contributed by atoms with E-state index < -0.39 is 0 Å². The van der Waals surface area contributed by atoms with E-state index in [0.717, 1.165) is 24.3 Å². The van der Waals surface area contributed by atoms with Gasteiger partial charge >= 0.3 is 0 Å². The number of nitriles is 1. The minimum atomic E-state index is -0.0111. The molecule has 0 aliphatic carbocycles. The summed E-state index contributed by atoms with van der Waals surface area (Å²) in [5.41, 5.74) is 1.13. The van der Waals surface area contributed by atoms with Gasteiger partial charge in [-0.25, -0.2) is 0 Å². The molecule has 3 heteroatoms. The molecule has 0 aliphatic rings. The Morgan fingerprint density at radius 1 is 1.44 bits per heavy atom. The Kier molecular flexibility index (Phi) is 5.38. The quantitative estimate of drug-likeness (QED) is 0.797. The fourth-order valence-corrected chi connectivity index (χ4v) is 1.51. The predicted octanol–water partition coefficient (Wildman–Crippen LogP) is 2.48. The van der Waals surface area contributed by atoms with Crippen LogP contribution in [-0.4, -0.2) is 13.2 Å². The number of rotatable bonds is 6. The van der Waals surface area contributed by atoms with Gasteiger partial charge in [-0.1, -0.05) is 25.1 Å². The number of hydrogen-bond donors (Lipinski definition) is 1. The monoisotopic (exact) mass is 218 g/mol. The largest absolute Gasteiger partial charge is 0.489 e. The van der Waals surface area contributed by atoms with Crippen LogP contribution >= 0.6 is 0 Å². The Morgan fingerprint density at radius 3 is 2.81 bits per heavy atom. The summed E-state index contributed by atoms with van der Waals surface area (Å²) in [4.78, 5) is 0. The molecule has 0 amide bonds. The lowest BCUT2D eigenvalue weighted by molar-refractivity contribution is 0.200. The van der Waals surface area contributed by atoms with E-state index in [1.54, 1.807) is 0 Å². The Bertz CT molecular complexity index is 357. The molecule has 0 radical (unpaired) electrons. The molecule has 1 atom stereocenters. The fourth-order valence-electron chi connectivity index (χ4n) is 1.51.